The molecule has 2 aliphatic heterocycles. The summed E-state index contributed by atoms with van der Waals surface area (Å²) >= 11 is 0. The number of nitrogens with zero attached hydrogens (tertiary/aromatic N) is 5. The molecule has 3 rings (SSSR count). The molecule has 29 heavy (non-hydrogen) atoms. The van der Waals surface area contributed by atoms with Crippen molar-refractivity contribution in [3.05, 3.63) is 18.5 Å². The van der Waals surface area contributed by atoms with E-state index in [1.54, 1.807) is 18.5 Å². The molecule has 0 radical (unpaired) electrons. The quantitative estimate of drug-likeness (QED) is 0.689. The summed E-state index contributed by atoms with van der Waals surface area (Å²) < 4.78 is 0. The van der Waals surface area contributed by atoms with Crippen LogP contribution in [0.1, 0.15) is 39.5 Å². The number of piperazine rings is 1. The second-order valence-electron chi connectivity index (χ2n) is 8.02. The van der Waals surface area contributed by atoms with Crippen molar-refractivity contribution in [3.63, 3.8) is 0 Å². The van der Waals surface area contributed by atoms with Gasteiger partial charge in [-0.3, -0.25) is 14.5 Å². The van der Waals surface area contributed by atoms with E-state index in [0.29, 0.717) is 19.6 Å². The van der Waals surface area contributed by atoms with Gasteiger partial charge in [-0.05, 0) is 38.8 Å². The molecule has 2 fully saturated rings. The van der Waals surface area contributed by atoms with Gasteiger partial charge in [0.1, 0.15) is 0 Å². The molecule has 0 aromatic carbocycles. The van der Waals surface area contributed by atoms with E-state index in [1.807, 2.05) is 11.8 Å². The number of likely N-dealkylation sites (tertiary alicyclic amines) is 1. The van der Waals surface area contributed by atoms with Gasteiger partial charge in [0.15, 0.2) is 0 Å². The Bertz CT molecular complexity index is 662. The minimum Gasteiger partial charge on any atom is -0.356 e. The second-order valence-corrected chi connectivity index (χ2v) is 8.02. The first kappa shape index (κ1) is 21.5. The second kappa shape index (κ2) is 10.5. The number of carbonyl (C=O) groups excluding carboxylic acids is 2. The van der Waals surface area contributed by atoms with E-state index >= 15 is 0 Å². The van der Waals surface area contributed by atoms with Crippen LogP contribution in [0, 0.1) is 5.92 Å². The molecule has 160 valence electrons. The van der Waals surface area contributed by atoms with E-state index in [-0.39, 0.29) is 23.8 Å². The fraction of sp³-hybridized carbons (Fsp3) is 0.714. The number of aromatic nitrogens is 2. The van der Waals surface area contributed by atoms with Gasteiger partial charge in [-0.1, -0.05) is 13.3 Å². The van der Waals surface area contributed by atoms with Crippen molar-refractivity contribution in [2.45, 2.75) is 45.6 Å². The molecule has 2 atom stereocenters. The Hall–Kier alpha value is -2.22. The molecule has 0 aliphatic carbocycles. The van der Waals surface area contributed by atoms with Crippen LogP contribution in [0.4, 0.5) is 5.95 Å². The van der Waals surface area contributed by atoms with E-state index in [4.69, 9.17) is 0 Å². The summed E-state index contributed by atoms with van der Waals surface area (Å²) in [5, 5.41) is 3.05. The van der Waals surface area contributed by atoms with Crippen LogP contribution in [-0.4, -0.2) is 83.4 Å². The third kappa shape index (κ3) is 5.65. The third-order valence-corrected chi connectivity index (χ3v) is 5.98. The zero-order valence-electron chi connectivity index (χ0n) is 17.7. The van der Waals surface area contributed by atoms with Crippen LogP contribution in [0.15, 0.2) is 18.5 Å². The van der Waals surface area contributed by atoms with Gasteiger partial charge in [-0.2, -0.15) is 0 Å². The summed E-state index contributed by atoms with van der Waals surface area (Å²) in [6, 6.07) is 1.61. The van der Waals surface area contributed by atoms with Gasteiger partial charge in [-0.25, -0.2) is 9.97 Å². The monoisotopic (exact) mass is 402 g/mol. The molecule has 0 bridgehead atoms. The fourth-order valence-corrected chi connectivity index (χ4v) is 4.11. The zero-order valence-corrected chi connectivity index (χ0v) is 17.7. The predicted octanol–water partition coefficient (Wildman–Crippen LogP) is 1.14. The Labute approximate surface area is 173 Å². The Morgan fingerprint density at radius 3 is 2.59 bits per heavy atom. The average Bonchev–Trinajstić information content (AvgIpc) is 2.79. The summed E-state index contributed by atoms with van der Waals surface area (Å²) in [5.41, 5.74) is 0. The van der Waals surface area contributed by atoms with Gasteiger partial charge in [0, 0.05) is 51.7 Å². The maximum absolute atomic E-state index is 13.1. The highest BCUT2D eigenvalue weighted by molar-refractivity contribution is 5.82. The number of piperidine rings is 1. The van der Waals surface area contributed by atoms with Gasteiger partial charge < -0.3 is 15.1 Å². The van der Waals surface area contributed by atoms with Crippen LogP contribution in [0.25, 0.3) is 0 Å². The lowest BCUT2D eigenvalue weighted by molar-refractivity contribution is -0.139. The van der Waals surface area contributed by atoms with Crippen molar-refractivity contribution in [1.29, 1.82) is 0 Å². The Kier molecular flexibility index (Phi) is 7.80. The van der Waals surface area contributed by atoms with Gasteiger partial charge >= 0.3 is 0 Å². The summed E-state index contributed by atoms with van der Waals surface area (Å²) in [4.78, 5) is 40.3. The molecule has 2 unspecified atom stereocenters. The highest BCUT2D eigenvalue weighted by Gasteiger charge is 2.33. The van der Waals surface area contributed by atoms with E-state index in [1.165, 1.54) is 0 Å². The maximum atomic E-state index is 13.1. The summed E-state index contributed by atoms with van der Waals surface area (Å²) in [6.07, 6.45) is 7.44. The number of nitrogens with one attached hydrogen (secondary N) is 1. The fourth-order valence-electron chi connectivity index (χ4n) is 4.11. The number of unbranched alkanes of at least 4 members (excludes halogenated alkanes) is 1. The van der Waals surface area contributed by atoms with Crippen LogP contribution in [-0.2, 0) is 9.59 Å². The Morgan fingerprint density at radius 1 is 1.17 bits per heavy atom. The Morgan fingerprint density at radius 2 is 1.90 bits per heavy atom. The van der Waals surface area contributed by atoms with Crippen LogP contribution in [0.5, 0.6) is 0 Å². The molecular formula is C21H34N6O2. The molecule has 8 heteroatoms. The average molecular weight is 403 g/mol. The third-order valence-electron chi connectivity index (χ3n) is 5.98. The van der Waals surface area contributed by atoms with Crippen molar-refractivity contribution in [3.8, 4) is 0 Å². The molecule has 2 saturated heterocycles. The van der Waals surface area contributed by atoms with E-state index in [2.05, 4.69) is 32.0 Å². The first-order valence-corrected chi connectivity index (χ1v) is 10.9. The molecular weight excluding hydrogens is 368 g/mol. The lowest BCUT2D eigenvalue weighted by Crippen LogP contribution is -2.56. The number of rotatable bonds is 7. The van der Waals surface area contributed by atoms with Gasteiger partial charge in [0.2, 0.25) is 17.8 Å². The molecule has 1 aromatic rings. The topological polar surface area (TPSA) is 81.7 Å². The van der Waals surface area contributed by atoms with Crippen LogP contribution in [0.3, 0.4) is 0 Å². The number of carbonyl (C=O) groups is 2. The zero-order chi connectivity index (χ0) is 20.6. The van der Waals surface area contributed by atoms with Gasteiger partial charge in [0.25, 0.3) is 0 Å². The molecule has 0 saturated carbocycles. The smallest absolute Gasteiger partial charge is 0.239 e. The first-order valence-electron chi connectivity index (χ1n) is 10.9. The molecule has 2 amide bonds. The normalized spacial score (nSPS) is 21.7. The van der Waals surface area contributed by atoms with Crippen molar-refractivity contribution in [2.24, 2.45) is 5.92 Å². The molecule has 2 aliphatic rings. The van der Waals surface area contributed by atoms with Gasteiger partial charge in [0.05, 0.1) is 12.0 Å². The van der Waals surface area contributed by atoms with Crippen LogP contribution < -0.4 is 10.2 Å². The van der Waals surface area contributed by atoms with Gasteiger partial charge in [-0.15, -0.1) is 0 Å². The van der Waals surface area contributed by atoms with Crippen LogP contribution in [0.2, 0.25) is 0 Å². The number of hydrogen-bond acceptors (Lipinski definition) is 6. The molecule has 0 spiro atoms. The van der Waals surface area contributed by atoms with Crippen molar-refractivity contribution < 1.29 is 9.59 Å². The number of anilines is 1. The number of hydrogen-bond donors (Lipinski definition) is 1. The molecule has 1 aromatic heterocycles. The Balaban J connectivity index is 1.49. The van der Waals surface area contributed by atoms with Crippen molar-refractivity contribution in [2.75, 3.05) is 50.7 Å². The van der Waals surface area contributed by atoms with Crippen LogP contribution >= 0.6 is 0 Å². The minimum absolute atomic E-state index is 0.0112. The lowest BCUT2D eigenvalue weighted by atomic mass is 9.95. The van der Waals surface area contributed by atoms with Crippen molar-refractivity contribution in [1.82, 2.24) is 25.1 Å². The van der Waals surface area contributed by atoms with E-state index in [9.17, 15) is 9.59 Å². The summed E-state index contributed by atoms with van der Waals surface area (Å²) in [7, 11) is 0. The first-order chi connectivity index (χ1) is 14.1. The summed E-state index contributed by atoms with van der Waals surface area (Å²) in [5.74, 6) is 1.01. The van der Waals surface area contributed by atoms with Crippen molar-refractivity contribution >= 4 is 17.8 Å². The van der Waals surface area contributed by atoms with E-state index in [0.717, 1.165) is 57.8 Å². The predicted molar refractivity (Wildman–Crippen MR) is 113 cm³/mol. The van der Waals surface area contributed by atoms with E-state index < -0.39 is 0 Å². The molecule has 3 heterocycles. The standard InChI is InChI=1S/C21H34N6O2/c1-3-4-8-22-19(28)18-7-5-11-27(16-18)17(2)20(29)25-12-14-26(15-13-25)21-23-9-6-10-24-21/h6,9-10,17-18H,3-5,7-8,11-16H2,1-2H3,(H,22,28). The maximum Gasteiger partial charge on any atom is 0.239 e. The SMILES string of the molecule is CCCCNC(=O)C1CCCN(C(C)C(=O)N2CCN(c3ncccn3)CC2)C1. The lowest BCUT2D eigenvalue weighted by Gasteiger charge is -2.40. The number of amides is 2. The largest absolute Gasteiger partial charge is 0.356 e. The molecule has 1 N–H and O–H groups in total. The highest BCUT2D eigenvalue weighted by atomic mass is 16.2. The highest BCUT2D eigenvalue weighted by Crippen LogP contribution is 2.20. The minimum atomic E-state index is -0.194. The molecule has 8 nitrogen and oxygen atoms in total. The summed E-state index contributed by atoms with van der Waals surface area (Å²) in [6.45, 7) is 9.23.